The number of nitrogens with zero attached hydrogens (tertiary/aromatic N) is 1. The van der Waals surface area contributed by atoms with Gasteiger partial charge < -0.3 is 10.0 Å². The fourth-order valence-corrected chi connectivity index (χ4v) is 2.04. The Morgan fingerprint density at radius 2 is 2.00 bits per heavy atom. The predicted octanol–water partition coefficient (Wildman–Crippen LogP) is 2.45. The molecule has 0 saturated heterocycles. The van der Waals surface area contributed by atoms with Gasteiger partial charge in [-0.2, -0.15) is 0 Å². The average molecular weight is 284 g/mol. The van der Waals surface area contributed by atoms with Crippen LogP contribution in [0.25, 0.3) is 0 Å². The van der Waals surface area contributed by atoms with E-state index in [4.69, 9.17) is 16.7 Å². The number of halogens is 1. The van der Waals surface area contributed by atoms with Gasteiger partial charge in [0.25, 0.3) is 0 Å². The molecule has 1 atom stereocenters. The molecule has 4 nitrogen and oxygen atoms in total. The Morgan fingerprint density at radius 3 is 2.58 bits per heavy atom. The van der Waals surface area contributed by atoms with Gasteiger partial charge in [-0.05, 0) is 18.1 Å². The van der Waals surface area contributed by atoms with Gasteiger partial charge in [-0.3, -0.25) is 9.59 Å². The highest BCUT2D eigenvalue weighted by Gasteiger charge is 2.19. The Morgan fingerprint density at radius 1 is 1.37 bits per heavy atom. The summed E-state index contributed by atoms with van der Waals surface area (Å²) in [5.41, 5.74) is 0.927. The average Bonchev–Trinajstić information content (AvgIpc) is 2.37. The van der Waals surface area contributed by atoms with Crippen LogP contribution in [0.1, 0.15) is 18.9 Å². The second kappa shape index (κ2) is 7.14. The summed E-state index contributed by atoms with van der Waals surface area (Å²) >= 11 is 6.05. The minimum atomic E-state index is -0.904. The van der Waals surface area contributed by atoms with E-state index in [0.29, 0.717) is 11.4 Å². The molecule has 0 bridgehead atoms. The highest BCUT2D eigenvalue weighted by molar-refractivity contribution is 6.31. The van der Waals surface area contributed by atoms with Crippen LogP contribution in [0, 0.1) is 5.92 Å². The fourth-order valence-electron chi connectivity index (χ4n) is 1.83. The zero-order chi connectivity index (χ0) is 14.4. The summed E-state index contributed by atoms with van der Waals surface area (Å²) in [5.74, 6) is -1.20. The van der Waals surface area contributed by atoms with Gasteiger partial charge in [-0.15, -0.1) is 0 Å². The van der Waals surface area contributed by atoms with Crippen LogP contribution in [0.2, 0.25) is 5.02 Å². The molecule has 5 heteroatoms. The van der Waals surface area contributed by atoms with E-state index in [1.165, 1.54) is 4.90 Å². The van der Waals surface area contributed by atoms with Gasteiger partial charge in [0.1, 0.15) is 0 Å². The quantitative estimate of drug-likeness (QED) is 0.872. The first kappa shape index (κ1) is 15.5. The number of carboxylic acid groups (broad SMARTS) is 1. The number of aliphatic carboxylic acids is 1. The van der Waals surface area contributed by atoms with Crippen LogP contribution >= 0.6 is 11.6 Å². The normalized spacial score (nSPS) is 11.9. The summed E-state index contributed by atoms with van der Waals surface area (Å²) in [6, 6.07) is 7.41. The molecule has 1 rings (SSSR count). The molecule has 1 aromatic rings. The van der Waals surface area contributed by atoms with Crippen molar-refractivity contribution >= 4 is 23.5 Å². The van der Waals surface area contributed by atoms with Crippen molar-refractivity contribution in [1.82, 2.24) is 4.90 Å². The first-order valence-electron chi connectivity index (χ1n) is 6.12. The smallest absolute Gasteiger partial charge is 0.305 e. The minimum absolute atomic E-state index is 0.0406. The number of benzene rings is 1. The number of amides is 1. The first-order chi connectivity index (χ1) is 8.91. The Balaban J connectivity index is 2.57. The Kier molecular flexibility index (Phi) is 5.83. The summed E-state index contributed by atoms with van der Waals surface area (Å²) in [6.07, 6.45) is 0.511. The maximum Gasteiger partial charge on any atom is 0.305 e. The van der Waals surface area contributed by atoms with E-state index >= 15 is 0 Å². The van der Waals surface area contributed by atoms with Crippen molar-refractivity contribution < 1.29 is 14.7 Å². The molecular formula is C14H18ClNO3. The predicted molar refractivity (Wildman–Crippen MR) is 74.2 cm³/mol. The van der Waals surface area contributed by atoms with Crippen molar-refractivity contribution in [2.75, 3.05) is 13.6 Å². The third-order valence-electron chi connectivity index (χ3n) is 2.94. The van der Waals surface area contributed by atoms with Gasteiger partial charge in [0.05, 0.1) is 6.42 Å². The van der Waals surface area contributed by atoms with Crippen LogP contribution < -0.4 is 0 Å². The van der Waals surface area contributed by atoms with E-state index in [1.54, 1.807) is 13.1 Å². The van der Waals surface area contributed by atoms with Gasteiger partial charge >= 0.3 is 5.97 Å². The highest BCUT2D eigenvalue weighted by atomic mass is 35.5. The van der Waals surface area contributed by atoms with E-state index in [2.05, 4.69) is 0 Å². The number of hydrogen-bond acceptors (Lipinski definition) is 2. The van der Waals surface area contributed by atoms with Crippen molar-refractivity contribution in [2.45, 2.75) is 19.8 Å². The molecule has 0 fully saturated rings. The maximum absolute atomic E-state index is 12.1. The molecule has 0 radical (unpaired) electrons. The molecule has 1 unspecified atom stereocenters. The molecule has 1 aromatic carbocycles. The summed E-state index contributed by atoms with van der Waals surface area (Å²) in [7, 11) is 1.62. The lowest BCUT2D eigenvalue weighted by Gasteiger charge is -2.21. The fraction of sp³-hybridized carbons (Fsp3) is 0.429. The highest BCUT2D eigenvalue weighted by Crippen LogP contribution is 2.19. The van der Waals surface area contributed by atoms with E-state index in [1.807, 2.05) is 25.1 Å². The van der Waals surface area contributed by atoms with E-state index in [-0.39, 0.29) is 24.8 Å². The number of carbonyl (C=O) groups is 2. The molecule has 104 valence electrons. The van der Waals surface area contributed by atoms with Crippen LogP contribution in [0.15, 0.2) is 24.3 Å². The Labute approximate surface area is 118 Å². The van der Waals surface area contributed by atoms with Gasteiger partial charge in [-0.25, -0.2) is 0 Å². The molecule has 0 heterocycles. The molecule has 0 saturated carbocycles. The molecular weight excluding hydrogens is 266 g/mol. The standard InChI is InChI=1S/C14H18ClNO3/c1-10(9-11-5-3-4-6-12(11)15)14(19)16(2)8-7-13(17)18/h3-6,10H,7-9H2,1-2H3,(H,17,18). The van der Waals surface area contributed by atoms with E-state index < -0.39 is 5.97 Å². The molecule has 0 spiro atoms. The van der Waals surface area contributed by atoms with Crippen molar-refractivity contribution in [1.29, 1.82) is 0 Å². The molecule has 0 aromatic heterocycles. The third-order valence-corrected chi connectivity index (χ3v) is 3.31. The molecule has 1 N–H and O–H groups in total. The van der Waals surface area contributed by atoms with Crippen molar-refractivity contribution in [3.05, 3.63) is 34.9 Å². The van der Waals surface area contributed by atoms with E-state index in [9.17, 15) is 9.59 Å². The third kappa shape index (κ3) is 4.91. The summed E-state index contributed by atoms with van der Waals surface area (Å²) in [5, 5.41) is 9.25. The van der Waals surface area contributed by atoms with Crippen LogP contribution in [0.4, 0.5) is 0 Å². The van der Waals surface area contributed by atoms with Gasteiger partial charge in [0.15, 0.2) is 0 Å². The summed E-state index contributed by atoms with van der Waals surface area (Å²) in [4.78, 5) is 24.0. The zero-order valence-corrected chi connectivity index (χ0v) is 11.9. The number of carbonyl (C=O) groups excluding carboxylic acids is 1. The topological polar surface area (TPSA) is 57.6 Å². The minimum Gasteiger partial charge on any atom is -0.481 e. The Hall–Kier alpha value is -1.55. The van der Waals surface area contributed by atoms with Crippen LogP contribution in [0.3, 0.4) is 0 Å². The van der Waals surface area contributed by atoms with Crippen LogP contribution in [0.5, 0.6) is 0 Å². The summed E-state index contributed by atoms with van der Waals surface area (Å²) in [6.45, 7) is 2.05. The number of rotatable bonds is 6. The van der Waals surface area contributed by atoms with Crippen molar-refractivity contribution in [3.63, 3.8) is 0 Å². The number of carboxylic acids is 1. The van der Waals surface area contributed by atoms with E-state index in [0.717, 1.165) is 5.56 Å². The van der Waals surface area contributed by atoms with Crippen LogP contribution in [-0.2, 0) is 16.0 Å². The van der Waals surface area contributed by atoms with Gasteiger partial charge in [0.2, 0.25) is 5.91 Å². The largest absolute Gasteiger partial charge is 0.481 e. The summed E-state index contributed by atoms with van der Waals surface area (Å²) < 4.78 is 0. The van der Waals surface area contributed by atoms with Crippen LogP contribution in [-0.4, -0.2) is 35.5 Å². The van der Waals surface area contributed by atoms with Gasteiger partial charge in [0, 0.05) is 24.5 Å². The second-order valence-electron chi connectivity index (χ2n) is 4.60. The first-order valence-corrected chi connectivity index (χ1v) is 6.49. The SMILES string of the molecule is CC(Cc1ccccc1Cl)C(=O)N(C)CCC(=O)O. The lowest BCUT2D eigenvalue weighted by Crippen LogP contribution is -2.34. The Bertz CT molecular complexity index is 462. The second-order valence-corrected chi connectivity index (χ2v) is 5.01. The molecule has 0 aliphatic heterocycles. The molecule has 0 aliphatic carbocycles. The van der Waals surface area contributed by atoms with Crippen molar-refractivity contribution in [3.8, 4) is 0 Å². The molecule has 0 aliphatic rings. The maximum atomic E-state index is 12.1. The zero-order valence-electron chi connectivity index (χ0n) is 11.1. The molecule has 19 heavy (non-hydrogen) atoms. The van der Waals surface area contributed by atoms with Gasteiger partial charge in [-0.1, -0.05) is 36.7 Å². The lowest BCUT2D eigenvalue weighted by atomic mass is 10.00. The number of hydrogen-bond donors (Lipinski definition) is 1. The molecule has 1 amide bonds. The van der Waals surface area contributed by atoms with Crippen molar-refractivity contribution in [2.24, 2.45) is 5.92 Å². The lowest BCUT2D eigenvalue weighted by molar-refractivity contribution is -0.138. The monoisotopic (exact) mass is 283 g/mol.